The van der Waals surface area contributed by atoms with E-state index in [2.05, 4.69) is 17.6 Å². The minimum atomic E-state index is -0.423. The summed E-state index contributed by atoms with van der Waals surface area (Å²) in [5.74, 6) is 0.126. The fraction of sp³-hybridized carbons (Fsp3) is 0.579. The molecule has 1 saturated carbocycles. The second kappa shape index (κ2) is 6.73. The Kier molecular flexibility index (Phi) is 5.12. The third-order valence-electron chi connectivity index (χ3n) is 4.55. The minimum absolute atomic E-state index is 0.00991. The van der Waals surface area contributed by atoms with Crippen LogP contribution in [0.1, 0.15) is 58.9 Å². The predicted molar refractivity (Wildman–Crippen MR) is 93.4 cm³/mol. The molecule has 1 aliphatic carbocycles. The Morgan fingerprint density at radius 1 is 1.13 bits per heavy atom. The average molecular weight is 316 g/mol. The standard InChI is InChI=1S/C19H28N2O2/c1-5-13-20-17(23)19(11-6-12-19)14-7-9-15(10-8-14)21-16(22)18(2,3)4/h7-10H,5-6,11-13H2,1-4H3,(H,20,23)(H,21,22). The molecule has 0 unspecified atom stereocenters. The van der Waals surface area contributed by atoms with Gasteiger partial charge in [-0.15, -0.1) is 0 Å². The van der Waals surface area contributed by atoms with Gasteiger partial charge in [0.15, 0.2) is 0 Å². The summed E-state index contributed by atoms with van der Waals surface area (Å²) < 4.78 is 0. The molecule has 0 spiro atoms. The van der Waals surface area contributed by atoms with E-state index in [1.807, 2.05) is 45.0 Å². The average Bonchev–Trinajstić information content (AvgIpc) is 2.44. The van der Waals surface area contributed by atoms with Gasteiger partial charge in [0, 0.05) is 17.6 Å². The monoisotopic (exact) mass is 316 g/mol. The lowest BCUT2D eigenvalue weighted by Crippen LogP contribution is -2.49. The molecule has 0 aromatic heterocycles. The van der Waals surface area contributed by atoms with Gasteiger partial charge in [-0.3, -0.25) is 9.59 Å². The van der Waals surface area contributed by atoms with Crippen LogP contribution in [0.3, 0.4) is 0 Å². The van der Waals surface area contributed by atoms with Crippen molar-refractivity contribution in [3.05, 3.63) is 29.8 Å². The summed E-state index contributed by atoms with van der Waals surface area (Å²) in [6.07, 6.45) is 3.83. The smallest absolute Gasteiger partial charge is 0.230 e. The third-order valence-corrected chi connectivity index (χ3v) is 4.55. The Hall–Kier alpha value is -1.84. The minimum Gasteiger partial charge on any atom is -0.355 e. The van der Waals surface area contributed by atoms with E-state index in [1.165, 1.54) is 0 Å². The van der Waals surface area contributed by atoms with Crippen molar-refractivity contribution in [2.24, 2.45) is 5.41 Å². The molecule has 2 rings (SSSR count). The highest BCUT2D eigenvalue weighted by Crippen LogP contribution is 2.44. The van der Waals surface area contributed by atoms with Crippen molar-refractivity contribution in [1.29, 1.82) is 0 Å². The van der Waals surface area contributed by atoms with E-state index in [4.69, 9.17) is 0 Å². The van der Waals surface area contributed by atoms with Crippen LogP contribution in [0.4, 0.5) is 5.69 Å². The number of rotatable bonds is 5. The van der Waals surface area contributed by atoms with Crippen LogP contribution in [0.15, 0.2) is 24.3 Å². The molecule has 2 N–H and O–H groups in total. The van der Waals surface area contributed by atoms with Crippen molar-refractivity contribution in [1.82, 2.24) is 5.32 Å². The maximum Gasteiger partial charge on any atom is 0.230 e. The van der Waals surface area contributed by atoms with Crippen LogP contribution in [-0.4, -0.2) is 18.4 Å². The first-order valence-corrected chi connectivity index (χ1v) is 8.50. The molecule has 0 aliphatic heterocycles. The summed E-state index contributed by atoms with van der Waals surface area (Å²) in [6.45, 7) is 8.44. The second-order valence-electron chi connectivity index (χ2n) is 7.47. The van der Waals surface area contributed by atoms with E-state index >= 15 is 0 Å². The van der Waals surface area contributed by atoms with Gasteiger partial charge < -0.3 is 10.6 Å². The van der Waals surface area contributed by atoms with Gasteiger partial charge in [0.1, 0.15) is 0 Å². The Morgan fingerprint density at radius 2 is 1.74 bits per heavy atom. The van der Waals surface area contributed by atoms with E-state index in [0.717, 1.165) is 43.5 Å². The normalized spacial score (nSPS) is 16.3. The van der Waals surface area contributed by atoms with Crippen LogP contribution in [0.25, 0.3) is 0 Å². The van der Waals surface area contributed by atoms with Crippen molar-refractivity contribution in [3.8, 4) is 0 Å². The van der Waals surface area contributed by atoms with Crippen molar-refractivity contribution < 1.29 is 9.59 Å². The van der Waals surface area contributed by atoms with Crippen molar-refractivity contribution >= 4 is 17.5 Å². The highest BCUT2D eigenvalue weighted by Gasteiger charge is 2.45. The van der Waals surface area contributed by atoms with Gasteiger partial charge in [-0.1, -0.05) is 46.2 Å². The van der Waals surface area contributed by atoms with Crippen molar-refractivity contribution in [2.75, 3.05) is 11.9 Å². The summed E-state index contributed by atoms with van der Waals surface area (Å²) in [7, 11) is 0. The van der Waals surface area contributed by atoms with Gasteiger partial charge in [-0.25, -0.2) is 0 Å². The van der Waals surface area contributed by atoms with Crippen LogP contribution in [0.5, 0.6) is 0 Å². The molecule has 126 valence electrons. The first-order valence-electron chi connectivity index (χ1n) is 8.50. The SMILES string of the molecule is CCCNC(=O)C1(c2ccc(NC(=O)C(C)(C)C)cc2)CCC1. The number of benzene rings is 1. The summed E-state index contributed by atoms with van der Waals surface area (Å²) in [5.41, 5.74) is 1.03. The first kappa shape index (κ1) is 17.5. The predicted octanol–water partition coefficient (Wildman–Crippen LogP) is 3.62. The number of carbonyl (C=O) groups is 2. The van der Waals surface area contributed by atoms with E-state index in [1.54, 1.807) is 0 Å². The van der Waals surface area contributed by atoms with Crippen LogP contribution in [0.2, 0.25) is 0 Å². The molecule has 0 atom stereocenters. The number of carbonyl (C=O) groups excluding carboxylic acids is 2. The van der Waals surface area contributed by atoms with E-state index < -0.39 is 5.41 Å². The zero-order valence-corrected chi connectivity index (χ0v) is 14.7. The van der Waals surface area contributed by atoms with E-state index in [9.17, 15) is 9.59 Å². The molecule has 2 amide bonds. The zero-order chi connectivity index (χ0) is 17.1. The number of hydrogen-bond donors (Lipinski definition) is 2. The van der Waals surface area contributed by atoms with Gasteiger partial charge in [-0.05, 0) is 37.0 Å². The molecule has 23 heavy (non-hydrogen) atoms. The molecule has 1 fully saturated rings. The highest BCUT2D eigenvalue weighted by atomic mass is 16.2. The molecule has 1 aliphatic rings. The second-order valence-corrected chi connectivity index (χ2v) is 7.47. The van der Waals surface area contributed by atoms with Crippen LogP contribution >= 0.6 is 0 Å². The fourth-order valence-corrected chi connectivity index (χ4v) is 2.78. The lowest BCUT2D eigenvalue weighted by Gasteiger charge is -2.40. The molecule has 4 heteroatoms. The number of hydrogen-bond acceptors (Lipinski definition) is 2. The zero-order valence-electron chi connectivity index (χ0n) is 14.7. The van der Waals surface area contributed by atoms with Crippen LogP contribution in [0, 0.1) is 5.41 Å². The highest BCUT2D eigenvalue weighted by molar-refractivity contribution is 5.94. The van der Waals surface area contributed by atoms with Crippen LogP contribution in [-0.2, 0) is 15.0 Å². The topological polar surface area (TPSA) is 58.2 Å². The summed E-state index contributed by atoms with van der Waals surface area (Å²) in [6, 6.07) is 7.74. The lowest BCUT2D eigenvalue weighted by atomic mass is 9.63. The third kappa shape index (κ3) is 3.74. The van der Waals surface area contributed by atoms with Gasteiger partial charge in [0.2, 0.25) is 11.8 Å². The Balaban J connectivity index is 2.12. The summed E-state index contributed by atoms with van der Waals surface area (Å²) >= 11 is 0. The molecule has 0 radical (unpaired) electrons. The summed E-state index contributed by atoms with van der Waals surface area (Å²) in [4.78, 5) is 24.6. The van der Waals surface area contributed by atoms with Crippen molar-refractivity contribution in [3.63, 3.8) is 0 Å². The maximum absolute atomic E-state index is 12.5. The molecule has 1 aromatic carbocycles. The molecule has 0 bridgehead atoms. The van der Waals surface area contributed by atoms with Crippen molar-refractivity contribution in [2.45, 2.75) is 58.8 Å². The molecule has 0 saturated heterocycles. The fourth-order valence-electron chi connectivity index (χ4n) is 2.78. The largest absolute Gasteiger partial charge is 0.355 e. The van der Waals surface area contributed by atoms with Gasteiger partial charge in [-0.2, -0.15) is 0 Å². The quantitative estimate of drug-likeness (QED) is 0.871. The molecular formula is C19H28N2O2. The molecular weight excluding hydrogens is 288 g/mol. The molecule has 1 aromatic rings. The Bertz CT molecular complexity index is 566. The van der Waals surface area contributed by atoms with E-state index in [-0.39, 0.29) is 17.2 Å². The maximum atomic E-state index is 12.5. The molecule has 4 nitrogen and oxygen atoms in total. The van der Waals surface area contributed by atoms with Gasteiger partial charge >= 0.3 is 0 Å². The Morgan fingerprint density at radius 3 is 2.17 bits per heavy atom. The number of anilines is 1. The lowest BCUT2D eigenvalue weighted by molar-refractivity contribution is -0.130. The van der Waals surface area contributed by atoms with Crippen LogP contribution < -0.4 is 10.6 Å². The first-order chi connectivity index (χ1) is 10.8. The molecule has 0 heterocycles. The number of amides is 2. The number of nitrogens with one attached hydrogen (secondary N) is 2. The van der Waals surface area contributed by atoms with Gasteiger partial charge in [0.05, 0.1) is 5.41 Å². The Labute approximate surface area is 139 Å². The van der Waals surface area contributed by atoms with E-state index in [0.29, 0.717) is 0 Å². The van der Waals surface area contributed by atoms with Gasteiger partial charge in [0.25, 0.3) is 0 Å². The summed E-state index contributed by atoms with van der Waals surface area (Å²) in [5, 5.41) is 5.95.